The van der Waals surface area contributed by atoms with E-state index in [1.54, 1.807) is 6.92 Å². The number of carbonyl (C=O) groups excluding carboxylic acids is 2. The number of hydrogen-bond acceptors (Lipinski definition) is 4. The highest BCUT2D eigenvalue weighted by Crippen LogP contribution is 2.35. The van der Waals surface area contributed by atoms with E-state index in [2.05, 4.69) is 26.6 Å². The van der Waals surface area contributed by atoms with Crippen molar-refractivity contribution in [3.05, 3.63) is 34.3 Å². The molecule has 2 amide bonds. The molecule has 1 saturated heterocycles. The maximum atomic E-state index is 12.9. The number of halogens is 1. The molecule has 0 spiro atoms. The molecule has 132 valence electrons. The predicted octanol–water partition coefficient (Wildman–Crippen LogP) is 2.36. The van der Waals surface area contributed by atoms with Crippen molar-refractivity contribution in [2.24, 2.45) is 0 Å². The zero-order valence-corrected chi connectivity index (χ0v) is 15.4. The average molecular weight is 399 g/mol. The van der Waals surface area contributed by atoms with Crippen molar-refractivity contribution in [1.82, 2.24) is 10.6 Å². The second kappa shape index (κ2) is 9.03. The van der Waals surface area contributed by atoms with E-state index in [9.17, 15) is 9.59 Å². The van der Waals surface area contributed by atoms with Gasteiger partial charge < -0.3 is 20.1 Å². The van der Waals surface area contributed by atoms with E-state index in [0.717, 1.165) is 10.0 Å². The third-order valence-electron chi connectivity index (χ3n) is 4.13. The van der Waals surface area contributed by atoms with E-state index in [-0.39, 0.29) is 5.91 Å². The van der Waals surface area contributed by atoms with Crippen molar-refractivity contribution >= 4 is 27.9 Å². The molecule has 24 heavy (non-hydrogen) atoms. The number of alkyl carbamates (subject to hydrolysis) is 1. The Morgan fingerprint density at radius 3 is 2.42 bits per heavy atom. The van der Waals surface area contributed by atoms with Crippen molar-refractivity contribution < 1.29 is 19.1 Å². The summed E-state index contributed by atoms with van der Waals surface area (Å²) in [4.78, 5) is 24.1. The molecule has 0 radical (unpaired) electrons. The number of nitrogens with one attached hydrogen (secondary N) is 2. The van der Waals surface area contributed by atoms with Crippen LogP contribution in [0.1, 0.15) is 25.3 Å². The smallest absolute Gasteiger partial charge is 0.407 e. The quantitative estimate of drug-likeness (QED) is 0.721. The summed E-state index contributed by atoms with van der Waals surface area (Å²) in [7, 11) is 0. The van der Waals surface area contributed by atoms with Gasteiger partial charge in [-0.1, -0.05) is 28.1 Å². The van der Waals surface area contributed by atoms with Crippen LogP contribution in [0.2, 0.25) is 0 Å². The number of hydrogen-bond donors (Lipinski definition) is 2. The molecule has 0 atom stereocenters. The van der Waals surface area contributed by atoms with E-state index < -0.39 is 11.5 Å². The van der Waals surface area contributed by atoms with Gasteiger partial charge in [-0.3, -0.25) is 4.79 Å². The highest BCUT2D eigenvalue weighted by atomic mass is 79.9. The van der Waals surface area contributed by atoms with Gasteiger partial charge in [-0.05, 0) is 37.5 Å². The van der Waals surface area contributed by atoms with Crippen molar-refractivity contribution in [2.75, 3.05) is 32.9 Å². The Morgan fingerprint density at radius 1 is 1.17 bits per heavy atom. The summed E-state index contributed by atoms with van der Waals surface area (Å²) in [6.45, 7) is 3.88. The number of carbonyl (C=O) groups is 2. The van der Waals surface area contributed by atoms with Gasteiger partial charge in [-0.25, -0.2) is 4.79 Å². The second-order valence-corrected chi connectivity index (χ2v) is 6.52. The van der Waals surface area contributed by atoms with E-state index in [0.29, 0.717) is 45.8 Å². The summed E-state index contributed by atoms with van der Waals surface area (Å²) < 4.78 is 11.2. The van der Waals surface area contributed by atoms with Crippen molar-refractivity contribution in [3.63, 3.8) is 0 Å². The Morgan fingerprint density at radius 2 is 1.79 bits per heavy atom. The van der Waals surface area contributed by atoms with Crippen molar-refractivity contribution in [1.29, 1.82) is 0 Å². The Bertz CT molecular complexity index is 556. The minimum atomic E-state index is -0.580. The van der Waals surface area contributed by atoms with Crippen LogP contribution in [-0.4, -0.2) is 44.9 Å². The fourth-order valence-corrected chi connectivity index (χ4v) is 3.09. The zero-order valence-electron chi connectivity index (χ0n) is 13.8. The molecule has 2 N–H and O–H groups in total. The second-order valence-electron chi connectivity index (χ2n) is 5.60. The standard InChI is InChI=1S/C17H23BrN2O4/c1-2-24-16(22)20-10-9-19-15(21)17(7-11-23-12-8-17)13-3-5-14(18)6-4-13/h3-6H,2,7-12H2,1H3,(H,19,21)(H,20,22). The highest BCUT2D eigenvalue weighted by molar-refractivity contribution is 9.10. The lowest BCUT2D eigenvalue weighted by molar-refractivity contribution is -0.130. The van der Waals surface area contributed by atoms with Gasteiger partial charge in [-0.2, -0.15) is 0 Å². The largest absolute Gasteiger partial charge is 0.450 e. The molecule has 1 fully saturated rings. The van der Waals surface area contributed by atoms with Gasteiger partial charge in [-0.15, -0.1) is 0 Å². The van der Waals surface area contributed by atoms with Crippen molar-refractivity contribution in [3.8, 4) is 0 Å². The summed E-state index contributed by atoms with van der Waals surface area (Å²) >= 11 is 3.42. The van der Waals surface area contributed by atoms with E-state index >= 15 is 0 Å². The third kappa shape index (κ3) is 4.70. The lowest BCUT2D eigenvalue weighted by Gasteiger charge is -2.36. The molecule has 0 aromatic heterocycles. The van der Waals surface area contributed by atoms with E-state index in [1.807, 2.05) is 24.3 Å². The first-order valence-corrected chi connectivity index (χ1v) is 8.90. The molecule has 1 aliphatic heterocycles. The van der Waals surface area contributed by atoms with E-state index in [1.165, 1.54) is 0 Å². The van der Waals surface area contributed by atoms with Crippen LogP contribution < -0.4 is 10.6 Å². The monoisotopic (exact) mass is 398 g/mol. The molecule has 1 heterocycles. The lowest BCUT2D eigenvalue weighted by atomic mass is 9.73. The van der Waals surface area contributed by atoms with Crippen molar-refractivity contribution in [2.45, 2.75) is 25.2 Å². The van der Waals surface area contributed by atoms with Crippen LogP contribution in [-0.2, 0) is 19.7 Å². The molecule has 1 aromatic rings. The molecular formula is C17H23BrN2O4. The molecule has 0 aliphatic carbocycles. The normalized spacial score (nSPS) is 16.2. The summed E-state index contributed by atoms with van der Waals surface area (Å²) in [5.41, 5.74) is 0.410. The van der Waals surface area contributed by atoms with Gasteiger partial charge in [0.15, 0.2) is 0 Å². The van der Waals surface area contributed by atoms with Crippen LogP contribution in [0, 0.1) is 0 Å². The van der Waals surface area contributed by atoms with Gasteiger partial charge in [0, 0.05) is 30.8 Å². The van der Waals surface area contributed by atoms with Crippen LogP contribution in [0.5, 0.6) is 0 Å². The first-order valence-electron chi connectivity index (χ1n) is 8.11. The van der Waals surface area contributed by atoms with Gasteiger partial charge in [0.25, 0.3) is 0 Å². The highest BCUT2D eigenvalue weighted by Gasteiger charge is 2.41. The third-order valence-corrected chi connectivity index (χ3v) is 4.66. The van der Waals surface area contributed by atoms with Gasteiger partial charge in [0.05, 0.1) is 12.0 Å². The number of benzene rings is 1. The fourth-order valence-electron chi connectivity index (χ4n) is 2.83. The summed E-state index contributed by atoms with van der Waals surface area (Å²) in [5.74, 6) is -0.0289. The molecule has 7 heteroatoms. The summed E-state index contributed by atoms with van der Waals surface area (Å²) in [5, 5.41) is 5.52. The Balaban J connectivity index is 1.98. The molecule has 6 nitrogen and oxygen atoms in total. The van der Waals surface area contributed by atoms with Gasteiger partial charge in [0.2, 0.25) is 5.91 Å². The SMILES string of the molecule is CCOC(=O)NCCNC(=O)C1(c2ccc(Br)cc2)CCOCC1. The topological polar surface area (TPSA) is 76.7 Å². The average Bonchev–Trinajstić information content (AvgIpc) is 2.60. The number of ether oxygens (including phenoxy) is 2. The number of amides is 2. The zero-order chi connectivity index (χ0) is 17.4. The van der Waals surface area contributed by atoms with Crippen LogP contribution >= 0.6 is 15.9 Å². The first-order chi connectivity index (χ1) is 11.6. The summed E-state index contributed by atoms with van der Waals surface area (Å²) in [6, 6.07) is 7.85. The minimum absolute atomic E-state index is 0.0289. The van der Waals surface area contributed by atoms with Crippen LogP contribution in [0.4, 0.5) is 4.79 Å². The Labute approximate surface area is 150 Å². The maximum Gasteiger partial charge on any atom is 0.407 e. The molecule has 0 saturated carbocycles. The lowest BCUT2D eigenvalue weighted by Crippen LogP contribution is -2.49. The minimum Gasteiger partial charge on any atom is -0.450 e. The van der Waals surface area contributed by atoms with Crippen LogP contribution in [0.25, 0.3) is 0 Å². The molecule has 2 rings (SSSR count). The molecular weight excluding hydrogens is 376 g/mol. The first kappa shape index (κ1) is 18.7. The van der Waals surface area contributed by atoms with E-state index in [4.69, 9.17) is 9.47 Å². The van der Waals surface area contributed by atoms with Gasteiger partial charge in [0.1, 0.15) is 0 Å². The summed E-state index contributed by atoms with van der Waals surface area (Å²) in [6.07, 6.45) is 0.817. The molecule has 1 aromatic carbocycles. The maximum absolute atomic E-state index is 12.9. The Kier molecular flexibility index (Phi) is 7.05. The molecule has 0 unspecified atom stereocenters. The fraction of sp³-hybridized carbons (Fsp3) is 0.529. The Hall–Kier alpha value is -1.60. The predicted molar refractivity (Wildman–Crippen MR) is 93.9 cm³/mol. The van der Waals surface area contributed by atoms with Crippen LogP contribution in [0.3, 0.4) is 0 Å². The van der Waals surface area contributed by atoms with Crippen LogP contribution in [0.15, 0.2) is 28.7 Å². The molecule has 0 bridgehead atoms. The van der Waals surface area contributed by atoms with Gasteiger partial charge >= 0.3 is 6.09 Å². The number of rotatable bonds is 6. The molecule has 1 aliphatic rings.